The van der Waals surface area contributed by atoms with Crippen molar-refractivity contribution in [2.75, 3.05) is 12.4 Å². The van der Waals surface area contributed by atoms with Gasteiger partial charge in [-0.2, -0.15) is 0 Å². The summed E-state index contributed by atoms with van der Waals surface area (Å²) >= 11 is 0. The average Bonchev–Trinajstić information content (AvgIpc) is 3.31. The van der Waals surface area contributed by atoms with E-state index in [1.165, 1.54) is 51.3 Å². The molecule has 5 atom stereocenters. The zero-order chi connectivity index (χ0) is 51.6. The summed E-state index contributed by atoms with van der Waals surface area (Å²) in [4.78, 5) is 75.7. The molecule has 0 spiro atoms. The number of para-hydroxylation sites is 1. The van der Waals surface area contributed by atoms with Gasteiger partial charge < -0.3 is 54.1 Å². The third-order valence-corrected chi connectivity index (χ3v) is 11.7. The molecule has 0 bridgehead atoms. The van der Waals surface area contributed by atoms with Crippen molar-refractivity contribution in [2.24, 2.45) is 11.8 Å². The van der Waals surface area contributed by atoms with E-state index in [-0.39, 0.29) is 46.2 Å². The number of nitrogens with one attached hydrogen (secondary N) is 2. The molecule has 1 saturated heterocycles. The van der Waals surface area contributed by atoms with Gasteiger partial charge in [-0.25, -0.2) is 9.59 Å². The molecule has 70 heavy (non-hydrogen) atoms. The number of ether oxygens (including phenoxy) is 5. The van der Waals surface area contributed by atoms with Gasteiger partial charge in [0.15, 0.2) is 23.5 Å². The van der Waals surface area contributed by atoms with Crippen LogP contribution in [-0.4, -0.2) is 82.6 Å². The fraction of sp³-hybridized carbons (Fsp3) is 0.434. The number of hydrogen-bond donors (Lipinski definition) is 5. The maximum absolute atomic E-state index is 13.3. The molecule has 6 rings (SSSR count). The molecule has 4 aromatic rings. The number of carbonyl (C=O) groups is 5. The molecule has 17 heteroatoms. The van der Waals surface area contributed by atoms with Crippen molar-refractivity contribution in [3.63, 3.8) is 0 Å². The predicted molar refractivity (Wildman–Crippen MR) is 262 cm³/mol. The third-order valence-electron chi connectivity index (χ3n) is 11.7. The van der Waals surface area contributed by atoms with Gasteiger partial charge in [0.25, 0.3) is 5.91 Å². The molecule has 1 aromatic heterocycles. The van der Waals surface area contributed by atoms with Gasteiger partial charge in [-0.3, -0.25) is 19.2 Å². The second kappa shape index (κ2) is 23.3. The highest BCUT2D eigenvalue weighted by Gasteiger charge is 2.44. The van der Waals surface area contributed by atoms with Crippen LogP contribution in [0, 0.1) is 11.8 Å². The molecular formula is C53H64N2O15. The summed E-state index contributed by atoms with van der Waals surface area (Å²) in [6.45, 7) is 16.6. The molecule has 2 amide bonds. The van der Waals surface area contributed by atoms with Crippen LogP contribution < -0.4 is 25.7 Å². The van der Waals surface area contributed by atoms with Crippen LogP contribution >= 0.6 is 0 Å². The smallest absolute Gasteiger partial charge is 0.348 e. The number of methoxy groups -OCH3 is 1. The van der Waals surface area contributed by atoms with Crippen LogP contribution in [0.25, 0.3) is 28.2 Å². The number of anilines is 1. The highest BCUT2D eigenvalue weighted by Crippen LogP contribution is 2.49. The molecule has 5 N–H and O–H groups in total. The number of phenols is 2. The lowest BCUT2D eigenvalue weighted by molar-refractivity contribution is -0.175. The van der Waals surface area contributed by atoms with Gasteiger partial charge in [0.2, 0.25) is 6.41 Å². The number of unbranched alkanes of at least 4 members (excludes halogenated alkanes) is 2. The number of rotatable bonds is 15. The van der Waals surface area contributed by atoms with Gasteiger partial charge in [-0.15, -0.1) is 0 Å². The number of allylic oxidation sites excluding steroid dienone is 2. The minimum atomic E-state index is -1.42. The SMILES string of the molecule is CCCCCC1C(=O)OC(C)C(NC(=O)c2cccc(NC=O)c2O)C(=O)OC(C)C1OC(=O)CC(C)C.COc1c(CC=C(C)C)c2c(c3oc(=O)c(-c4ccc(O)cc4)c(O)c13)C=CC(C)(C)O2. The highest BCUT2D eigenvalue weighted by molar-refractivity contribution is 6.03. The Morgan fingerprint density at radius 3 is 2.24 bits per heavy atom. The van der Waals surface area contributed by atoms with Crippen molar-refractivity contribution in [2.45, 2.75) is 131 Å². The number of phenolic OH excluding ortho intramolecular Hbond substituents is 2. The van der Waals surface area contributed by atoms with Crippen LogP contribution in [0.4, 0.5) is 5.69 Å². The van der Waals surface area contributed by atoms with E-state index in [0.717, 1.165) is 24.0 Å². The number of benzene rings is 3. The summed E-state index contributed by atoms with van der Waals surface area (Å²) < 4.78 is 34.6. The first kappa shape index (κ1) is 53.7. The summed E-state index contributed by atoms with van der Waals surface area (Å²) in [5.41, 5.74) is 1.64. The first-order chi connectivity index (χ1) is 33.1. The highest BCUT2D eigenvalue weighted by atomic mass is 16.6. The number of fused-ring (bicyclic) bond motifs is 3. The molecule has 376 valence electrons. The van der Waals surface area contributed by atoms with E-state index in [4.69, 9.17) is 28.1 Å². The van der Waals surface area contributed by atoms with Crippen LogP contribution in [0.1, 0.15) is 116 Å². The van der Waals surface area contributed by atoms with Crippen molar-refractivity contribution in [1.82, 2.24) is 5.32 Å². The van der Waals surface area contributed by atoms with Gasteiger partial charge in [-0.05, 0) is 102 Å². The zero-order valence-electron chi connectivity index (χ0n) is 41.3. The summed E-state index contributed by atoms with van der Waals surface area (Å²) in [7, 11) is 1.52. The minimum Gasteiger partial charge on any atom is -0.508 e. The lowest BCUT2D eigenvalue weighted by Gasteiger charge is -2.31. The van der Waals surface area contributed by atoms with Gasteiger partial charge >= 0.3 is 23.5 Å². The molecule has 0 radical (unpaired) electrons. The van der Waals surface area contributed by atoms with E-state index in [1.54, 1.807) is 12.1 Å². The zero-order valence-corrected chi connectivity index (χ0v) is 41.3. The Morgan fingerprint density at radius 1 is 0.929 bits per heavy atom. The van der Waals surface area contributed by atoms with E-state index in [0.29, 0.717) is 53.7 Å². The van der Waals surface area contributed by atoms with Crippen molar-refractivity contribution in [3.8, 4) is 39.9 Å². The lowest BCUT2D eigenvalue weighted by atomic mass is 9.92. The second-order valence-electron chi connectivity index (χ2n) is 18.5. The van der Waals surface area contributed by atoms with Crippen molar-refractivity contribution in [3.05, 3.63) is 87.3 Å². The largest absolute Gasteiger partial charge is 0.508 e. The van der Waals surface area contributed by atoms with Gasteiger partial charge in [0.1, 0.15) is 51.8 Å². The molecular weight excluding hydrogens is 905 g/mol. The Balaban J connectivity index is 0.000000264. The van der Waals surface area contributed by atoms with Gasteiger partial charge in [0, 0.05) is 12.0 Å². The van der Waals surface area contributed by atoms with E-state index >= 15 is 0 Å². The van der Waals surface area contributed by atoms with Gasteiger partial charge in [-0.1, -0.05) is 69.9 Å². The summed E-state index contributed by atoms with van der Waals surface area (Å²) in [5, 5.41) is 36.3. The molecule has 2 aliphatic heterocycles. The van der Waals surface area contributed by atoms with Crippen molar-refractivity contribution >= 4 is 53.0 Å². The molecule has 3 aromatic carbocycles. The first-order valence-corrected chi connectivity index (χ1v) is 23.3. The van der Waals surface area contributed by atoms with Crippen molar-refractivity contribution in [1.29, 1.82) is 0 Å². The fourth-order valence-electron chi connectivity index (χ4n) is 8.12. The van der Waals surface area contributed by atoms with E-state index in [9.17, 15) is 44.1 Å². The molecule has 0 saturated carbocycles. The third kappa shape index (κ3) is 12.7. The van der Waals surface area contributed by atoms with Crippen LogP contribution in [0.15, 0.2) is 69.4 Å². The Morgan fingerprint density at radius 2 is 1.61 bits per heavy atom. The molecule has 1 fully saturated rings. The Bertz CT molecular complexity index is 2700. The van der Waals surface area contributed by atoms with Crippen LogP contribution in [0.5, 0.6) is 28.7 Å². The van der Waals surface area contributed by atoms with Crippen LogP contribution in [-0.2, 0) is 39.8 Å². The number of cyclic esters (lactones) is 2. The normalized spacial score (nSPS) is 19.3. The first-order valence-electron chi connectivity index (χ1n) is 23.3. The standard InChI is InChI=1S/C27H38N2O9.C26H26O6/c1-6-7-8-10-19-24(38-21(31)13-15(2)3)17(5)37-27(35)22(16(4)36-26(19)34)29-25(33)18-11-9-12-20(23(18)32)28-14-30;1-14(2)6-11-17-22-18(12-13-26(3,4)32-22)24-20(23(17)30-5)21(28)19(25(29)31-24)15-7-9-16(27)10-8-15/h9,11-12,14-17,19,22,24,32H,6-8,10,13H2,1-5H3,(H,28,30)(H,29,33);6-10,12-13,27-28H,11H2,1-5H3. The second-order valence-corrected chi connectivity index (χ2v) is 18.5. The Kier molecular flexibility index (Phi) is 17.9. The lowest BCUT2D eigenvalue weighted by Crippen LogP contribution is -2.50. The van der Waals surface area contributed by atoms with E-state index in [2.05, 4.69) is 16.7 Å². The maximum Gasteiger partial charge on any atom is 0.348 e. The molecule has 0 aliphatic carbocycles. The number of amides is 2. The van der Waals surface area contributed by atoms with Gasteiger partial charge in [0.05, 0.1) is 29.8 Å². The number of esters is 3. The topological polar surface area (TPSA) is 246 Å². The summed E-state index contributed by atoms with van der Waals surface area (Å²) in [5.74, 6) is -3.50. The predicted octanol–water partition coefficient (Wildman–Crippen LogP) is 8.66. The summed E-state index contributed by atoms with van der Waals surface area (Å²) in [6.07, 6.45) is 6.37. The van der Waals surface area contributed by atoms with Crippen LogP contribution in [0.3, 0.4) is 0 Å². The number of aromatic hydroxyl groups is 3. The monoisotopic (exact) mass is 968 g/mol. The molecule has 2 aliphatic rings. The number of carbonyl (C=O) groups excluding carboxylic acids is 5. The Hall–Kier alpha value is -7.30. The minimum absolute atomic E-state index is 0.00114. The molecule has 5 unspecified atom stereocenters. The van der Waals surface area contributed by atoms with E-state index < -0.39 is 71.1 Å². The maximum atomic E-state index is 13.3. The van der Waals surface area contributed by atoms with E-state index in [1.807, 2.05) is 60.6 Å². The fourth-order valence-corrected chi connectivity index (χ4v) is 8.12. The summed E-state index contributed by atoms with van der Waals surface area (Å²) in [6, 6.07) is 8.70. The van der Waals surface area contributed by atoms with Crippen LogP contribution in [0.2, 0.25) is 0 Å². The Labute approximate surface area is 406 Å². The molecule has 3 heterocycles. The molecule has 17 nitrogen and oxygen atoms in total. The quantitative estimate of drug-likeness (QED) is 0.0142. The van der Waals surface area contributed by atoms with Crippen molar-refractivity contribution < 1.29 is 67.4 Å². The number of hydrogen-bond acceptors (Lipinski definition) is 15. The average molecular weight is 969 g/mol.